The molecule has 4 nitrogen and oxygen atoms in total. The molecule has 0 bridgehead atoms. The van der Waals surface area contributed by atoms with E-state index in [2.05, 4.69) is 25.7 Å². The summed E-state index contributed by atoms with van der Waals surface area (Å²) >= 11 is 0. The third kappa shape index (κ3) is 6.97. The van der Waals surface area contributed by atoms with Crippen molar-refractivity contribution < 1.29 is 4.79 Å². The van der Waals surface area contributed by atoms with Crippen molar-refractivity contribution in [3.8, 4) is 0 Å². The molecule has 4 heteroatoms. The molecule has 1 unspecified atom stereocenters. The molecule has 0 saturated carbocycles. The average molecular weight is 257 g/mol. The van der Waals surface area contributed by atoms with Gasteiger partial charge in [0.05, 0.1) is 0 Å². The fourth-order valence-electron chi connectivity index (χ4n) is 1.66. The number of amides is 1. The molecule has 0 aliphatic heterocycles. The highest BCUT2D eigenvalue weighted by Gasteiger charge is 2.24. The summed E-state index contributed by atoms with van der Waals surface area (Å²) in [6, 6.07) is -0.0760. The molecule has 0 radical (unpaired) electrons. The van der Waals surface area contributed by atoms with Crippen molar-refractivity contribution in [3.63, 3.8) is 0 Å². The van der Waals surface area contributed by atoms with Gasteiger partial charge in [0.1, 0.15) is 0 Å². The van der Waals surface area contributed by atoms with Crippen LogP contribution in [-0.2, 0) is 4.79 Å². The Bertz CT molecular complexity index is 246. The molecule has 0 aromatic heterocycles. The van der Waals surface area contributed by atoms with E-state index in [1.54, 1.807) is 0 Å². The van der Waals surface area contributed by atoms with Crippen molar-refractivity contribution in [3.05, 3.63) is 0 Å². The van der Waals surface area contributed by atoms with Crippen LogP contribution in [0.25, 0.3) is 0 Å². The van der Waals surface area contributed by atoms with Crippen molar-refractivity contribution >= 4 is 5.91 Å². The van der Waals surface area contributed by atoms with E-state index in [-0.39, 0.29) is 17.4 Å². The summed E-state index contributed by atoms with van der Waals surface area (Å²) in [5, 5.41) is 0. The topological polar surface area (TPSA) is 49.6 Å². The first kappa shape index (κ1) is 17.4. The van der Waals surface area contributed by atoms with Gasteiger partial charge in [-0.1, -0.05) is 20.8 Å². The van der Waals surface area contributed by atoms with Crippen LogP contribution in [0.5, 0.6) is 0 Å². The summed E-state index contributed by atoms with van der Waals surface area (Å²) in [6.45, 7) is 10.9. The van der Waals surface area contributed by atoms with E-state index in [4.69, 9.17) is 5.73 Å². The lowest BCUT2D eigenvalue weighted by molar-refractivity contribution is -0.132. The number of carbonyl (C=O) groups excluding carboxylic acids is 1. The first-order valence-electron chi connectivity index (χ1n) is 6.86. The van der Waals surface area contributed by atoms with Gasteiger partial charge in [0.2, 0.25) is 5.91 Å². The van der Waals surface area contributed by atoms with Gasteiger partial charge in [0.15, 0.2) is 0 Å². The van der Waals surface area contributed by atoms with Gasteiger partial charge < -0.3 is 15.5 Å². The second-order valence-corrected chi connectivity index (χ2v) is 6.31. The molecule has 0 rings (SSSR count). The van der Waals surface area contributed by atoms with E-state index in [0.717, 1.165) is 26.1 Å². The Balaban J connectivity index is 4.19. The molecule has 0 spiro atoms. The SMILES string of the molecule is CCN(CCCN(C)C)C(=O)CC(N)C(C)(C)C. The van der Waals surface area contributed by atoms with E-state index >= 15 is 0 Å². The summed E-state index contributed by atoms with van der Waals surface area (Å²) in [7, 11) is 4.10. The third-order valence-corrected chi connectivity index (χ3v) is 3.27. The smallest absolute Gasteiger partial charge is 0.224 e. The molecule has 0 saturated heterocycles. The zero-order valence-corrected chi connectivity index (χ0v) is 13.0. The normalized spacial score (nSPS) is 13.8. The van der Waals surface area contributed by atoms with Gasteiger partial charge in [-0.3, -0.25) is 4.79 Å². The summed E-state index contributed by atoms with van der Waals surface area (Å²) < 4.78 is 0. The van der Waals surface area contributed by atoms with E-state index in [1.165, 1.54) is 0 Å². The highest BCUT2D eigenvalue weighted by molar-refractivity contribution is 5.76. The fraction of sp³-hybridized carbons (Fsp3) is 0.929. The number of nitrogens with two attached hydrogens (primary N) is 1. The first-order valence-corrected chi connectivity index (χ1v) is 6.86. The van der Waals surface area contributed by atoms with Gasteiger partial charge in [0.25, 0.3) is 0 Å². The zero-order chi connectivity index (χ0) is 14.3. The van der Waals surface area contributed by atoms with Gasteiger partial charge in [0, 0.05) is 25.6 Å². The summed E-state index contributed by atoms with van der Waals surface area (Å²) in [6.07, 6.45) is 1.46. The molecule has 0 aromatic rings. The van der Waals surface area contributed by atoms with Gasteiger partial charge in [-0.15, -0.1) is 0 Å². The molecule has 0 aliphatic carbocycles. The van der Waals surface area contributed by atoms with Crippen LogP contribution < -0.4 is 5.73 Å². The number of nitrogens with zero attached hydrogens (tertiary/aromatic N) is 2. The molecule has 0 aliphatic rings. The van der Waals surface area contributed by atoms with Crippen LogP contribution in [0.1, 0.15) is 40.5 Å². The minimum atomic E-state index is -0.0760. The summed E-state index contributed by atoms with van der Waals surface area (Å²) in [5.41, 5.74) is 6.05. The lowest BCUT2D eigenvalue weighted by Crippen LogP contribution is -2.42. The Morgan fingerprint density at radius 2 is 1.78 bits per heavy atom. The van der Waals surface area contributed by atoms with E-state index in [1.807, 2.05) is 25.9 Å². The molecule has 18 heavy (non-hydrogen) atoms. The quantitative estimate of drug-likeness (QED) is 0.753. The minimum Gasteiger partial charge on any atom is -0.343 e. The number of rotatable bonds is 7. The van der Waals surface area contributed by atoms with Crippen molar-refractivity contribution in [2.24, 2.45) is 11.1 Å². The molecular formula is C14H31N3O. The van der Waals surface area contributed by atoms with E-state index in [0.29, 0.717) is 6.42 Å². The summed E-state index contributed by atoms with van der Waals surface area (Å²) in [5.74, 6) is 0.179. The Morgan fingerprint density at radius 1 is 1.22 bits per heavy atom. The molecule has 1 atom stereocenters. The van der Waals surface area contributed by atoms with Crippen molar-refractivity contribution in [1.29, 1.82) is 0 Å². The number of carbonyl (C=O) groups is 1. The predicted molar refractivity (Wildman–Crippen MR) is 77.5 cm³/mol. The van der Waals surface area contributed by atoms with Crippen LogP contribution in [0.3, 0.4) is 0 Å². The predicted octanol–water partition coefficient (Wildman–Crippen LogP) is 1.55. The van der Waals surface area contributed by atoms with Crippen molar-refractivity contribution in [2.75, 3.05) is 33.7 Å². The number of hydrogen-bond donors (Lipinski definition) is 1. The van der Waals surface area contributed by atoms with Crippen LogP contribution in [0.15, 0.2) is 0 Å². The van der Waals surface area contributed by atoms with E-state index < -0.39 is 0 Å². The maximum absolute atomic E-state index is 12.1. The standard InChI is InChI=1S/C14H31N3O/c1-7-17(10-8-9-16(5)6)13(18)11-12(15)14(2,3)4/h12H,7-11,15H2,1-6H3. The van der Waals surface area contributed by atoms with Crippen LogP contribution in [-0.4, -0.2) is 55.5 Å². The monoisotopic (exact) mass is 257 g/mol. The summed E-state index contributed by atoms with van der Waals surface area (Å²) in [4.78, 5) is 16.2. The molecule has 0 heterocycles. The van der Waals surface area contributed by atoms with Gasteiger partial charge in [-0.05, 0) is 39.4 Å². The maximum atomic E-state index is 12.1. The highest BCUT2D eigenvalue weighted by Crippen LogP contribution is 2.20. The second kappa shape index (κ2) is 7.74. The Morgan fingerprint density at radius 3 is 2.17 bits per heavy atom. The highest BCUT2D eigenvalue weighted by atomic mass is 16.2. The molecule has 0 aromatic carbocycles. The third-order valence-electron chi connectivity index (χ3n) is 3.27. The second-order valence-electron chi connectivity index (χ2n) is 6.31. The maximum Gasteiger partial charge on any atom is 0.224 e. The molecule has 2 N–H and O–H groups in total. The molecule has 1 amide bonds. The number of hydrogen-bond acceptors (Lipinski definition) is 3. The lowest BCUT2D eigenvalue weighted by Gasteiger charge is -2.29. The van der Waals surface area contributed by atoms with Crippen molar-refractivity contribution in [1.82, 2.24) is 9.80 Å². The largest absolute Gasteiger partial charge is 0.343 e. The minimum absolute atomic E-state index is 0.0152. The van der Waals surface area contributed by atoms with Crippen LogP contribution in [0.4, 0.5) is 0 Å². The first-order chi connectivity index (χ1) is 8.18. The van der Waals surface area contributed by atoms with Crippen LogP contribution in [0.2, 0.25) is 0 Å². The molecule has 108 valence electrons. The van der Waals surface area contributed by atoms with E-state index in [9.17, 15) is 4.79 Å². The fourth-order valence-corrected chi connectivity index (χ4v) is 1.66. The molecular weight excluding hydrogens is 226 g/mol. The zero-order valence-electron chi connectivity index (χ0n) is 13.0. The molecule has 0 fully saturated rings. The van der Waals surface area contributed by atoms with Crippen LogP contribution in [0, 0.1) is 5.41 Å². The average Bonchev–Trinajstić information content (AvgIpc) is 2.22. The van der Waals surface area contributed by atoms with Crippen LogP contribution >= 0.6 is 0 Å². The lowest BCUT2D eigenvalue weighted by atomic mass is 9.85. The van der Waals surface area contributed by atoms with Gasteiger partial charge in [-0.25, -0.2) is 0 Å². The Kier molecular flexibility index (Phi) is 7.48. The van der Waals surface area contributed by atoms with Crippen molar-refractivity contribution in [2.45, 2.75) is 46.6 Å². The Labute approximate surface area is 113 Å². The Hall–Kier alpha value is -0.610. The van der Waals surface area contributed by atoms with Gasteiger partial charge >= 0.3 is 0 Å². The van der Waals surface area contributed by atoms with Gasteiger partial charge in [-0.2, -0.15) is 0 Å².